The average Bonchev–Trinajstić information content (AvgIpc) is 2.24. The van der Waals surface area contributed by atoms with Crippen LogP contribution in [-0.4, -0.2) is 44.8 Å². The molecule has 3 N–H and O–H groups in total. The van der Waals surface area contributed by atoms with Gasteiger partial charge in [0.1, 0.15) is 11.3 Å². The summed E-state index contributed by atoms with van der Waals surface area (Å²) in [4.78, 5) is 19.2. The van der Waals surface area contributed by atoms with E-state index in [0.717, 1.165) is 0 Å². The van der Waals surface area contributed by atoms with Gasteiger partial charge >= 0.3 is 0 Å². The predicted octanol–water partition coefficient (Wildman–Crippen LogP) is -0.0885. The van der Waals surface area contributed by atoms with Gasteiger partial charge in [0.15, 0.2) is 0 Å². The summed E-state index contributed by atoms with van der Waals surface area (Å²) in [6.45, 7) is 2.57. The van der Waals surface area contributed by atoms with E-state index in [1.165, 1.54) is 13.0 Å². The molecular formula is C10H14ClN3O3. The van der Waals surface area contributed by atoms with Gasteiger partial charge in [-0.3, -0.25) is 4.79 Å². The lowest BCUT2D eigenvalue weighted by Gasteiger charge is -2.20. The maximum Gasteiger partial charge on any atom is 0.270 e. The molecule has 0 aliphatic rings. The third-order valence-electron chi connectivity index (χ3n) is 2.03. The van der Waals surface area contributed by atoms with Gasteiger partial charge in [0.25, 0.3) is 5.91 Å². The molecule has 0 radical (unpaired) electrons. The Hall–Kier alpha value is -1.24. The quantitative estimate of drug-likeness (QED) is 0.657. The van der Waals surface area contributed by atoms with Crippen molar-refractivity contribution in [3.05, 3.63) is 22.7 Å². The normalized spacial score (nSPS) is 14.2. The Bertz CT molecular complexity index is 403. The number of hydrogen-bond acceptors (Lipinski definition) is 5. The first-order valence-corrected chi connectivity index (χ1v) is 5.34. The van der Waals surface area contributed by atoms with Gasteiger partial charge in [0, 0.05) is 12.2 Å². The molecule has 0 spiro atoms. The number of nitrogens with one attached hydrogen (secondary N) is 1. The lowest BCUT2D eigenvalue weighted by molar-refractivity contribution is 0.00316. The molecule has 1 heterocycles. The second-order valence-corrected chi connectivity index (χ2v) is 4.34. The third kappa shape index (κ3) is 4.26. The van der Waals surface area contributed by atoms with Gasteiger partial charge in [0.05, 0.1) is 6.61 Å². The topological polar surface area (TPSA) is 95.3 Å². The molecule has 0 aliphatic carbocycles. The largest absolute Gasteiger partial charge is 0.393 e. The summed E-state index contributed by atoms with van der Waals surface area (Å²) in [5.41, 5.74) is -0.665. The van der Waals surface area contributed by atoms with Crippen LogP contribution in [0.1, 0.15) is 23.1 Å². The highest BCUT2D eigenvalue weighted by molar-refractivity contribution is 6.28. The van der Waals surface area contributed by atoms with E-state index < -0.39 is 18.1 Å². The molecule has 1 aromatic rings. The van der Waals surface area contributed by atoms with Crippen LogP contribution < -0.4 is 5.32 Å². The van der Waals surface area contributed by atoms with Crippen LogP contribution in [0.15, 0.2) is 6.07 Å². The molecule has 1 atom stereocenters. The number of amides is 1. The van der Waals surface area contributed by atoms with E-state index >= 15 is 0 Å². The second kappa shape index (κ2) is 5.39. The van der Waals surface area contributed by atoms with E-state index in [9.17, 15) is 9.90 Å². The highest BCUT2D eigenvalue weighted by atomic mass is 35.5. The molecule has 0 aromatic carbocycles. The molecule has 0 saturated carbocycles. The number of nitrogens with zero attached hydrogens (tertiary/aromatic N) is 2. The summed E-state index contributed by atoms with van der Waals surface area (Å²) < 4.78 is 0. The molecule has 1 rings (SSSR count). The van der Waals surface area contributed by atoms with E-state index in [-0.39, 0.29) is 17.5 Å². The van der Waals surface area contributed by atoms with Gasteiger partial charge in [-0.25, -0.2) is 9.97 Å². The van der Waals surface area contributed by atoms with Gasteiger partial charge < -0.3 is 15.5 Å². The Labute approximate surface area is 104 Å². The van der Waals surface area contributed by atoms with Crippen LogP contribution in [0, 0.1) is 6.92 Å². The number of rotatable bonds is 4. The summed E-state index contributed by atoms with van der Waals surface area (Å²) in [6.07, 6.45) is 0. The summed E-state index contributed by atoms with van der Waals surface area (Å²) in [5, 5.41) is 20.8. The van der Waals surface area contributed by atoms with E-state index in [4.69, 9.17) is 16.7 Å². The number of carbonyl (C=O) groups is 1. The van der Waals surface area contributed by atoms with Crippen molar-refractivity contribution in [2.24, 2.45) is 0 Å². The number of hydrogen-bond donors (Lipinski definition) is 3. The van der Waals surface area contributed by atoms with Crippen molar-refractivity contribution in [2.75, 3.05) is 13.2 Å². The Morgan fingerprint density at radius 3 is 2.76 bits per heavy atom. The molecule has 0 aliphatic heterocycles. The number of halogens is 1. The van der Waals surface area contributed by atoms with Crippen molar-refractivity contribution in [3.63, 3.8) is 0 Å². The van der Waals surface area contributed by atoms with Crippen molar-refractivity contribution < 1.29 is 15.0 Å². The van der Waals surface area contributed by atoms with Crippen molar-refractivity contribution in [1.82, 2.24) is 15.3 Å². The second-order valence-electron chi connectivity index (χ2n) is 4.00. The summed E-state index contributed by atoms with van der Waals surface area (Å²) in [6, 6.07) is 1.48. The molecule has 7 heteroatoms. The van der Waals surface area contributed by atoms with Gasteiger partial charge in [-0.1, -0.05) is 0 Å². The molecule has 1 amide bonds. The van der Waals surface area contributed by atoms with Crippen LogP contribution in [0.3, 0.4) is 0 Å². The summed E-state index contributed by atoms with van der Waals surface area (Å²) in [5.74, 6) is -0.480. The monoisotopic (exact) mass is 259 g/mol. The molecule has 0 saturated heterocycles. The van der Waals surface area contributed by atoms with Crippen molar-refractivity contribution in [2.45, 2.75) is 19.4 Å². The zero-order chi connectivity index (χ0) is 13.1. The average molecular weight is 260 g/mol. The third-order valence-corrected chi connectivity index (χ3v) is 2.20. The van der Waals surface area contributed by atoms with Crippen molar-refractivity contribution in [1.29, 1.82) is 0 Å². The fraction of sp³-hybridized carbons (Fsp3) is 0.500. The highest BCUT2D eigenvalue weighted by Gasteiger charge is 2.20. The Morgan fingerprint density at radius 2 is 2.24 bits per heavy atom. The van der Waals surface area contributed by atoms with E-state index in [1.807, 2.05) is 0 Å². The van der Waals surface area contributed by atoms with Crippen LogP contribution >= 0.6 is 11.6 Å². The maximum absolute atomic E-state index is 11.7. The summed E-state index contributed by atoms with van der Waals surface area (Å²) in [7, 11) is 0. The zero-order valence-electron chi connectivity index (χ0n) is 9.57. The first kappa shape index (κ1) is 13.8. The van der Waals surface area contributed by atoms with Gasteiger partial charge in [-0.05, 0) is 31.5 Å². The van der Waals surface area contributed by atoms with E-state index in [2.05, 4.69) is 15.3 Å². The molecular weight excluding hydrogens is 246 g/mol. The molecule has 6 nitrogen and oxygen atoms in total. The molecule has 0 fully saturated rings. The Balaban J connectivity index is 2.70. The van der Waals surface area contributed by atoms with E-state index in [1.54, 1.807) is 6.92 Å². The number of aliphatic hydroxyl groups is 2. The molecule has 94 valence electrons. The van der Waals surface area contributed by atoms with Crippen LogP contribution in [0.5, 0.6) is 0 Å². The fourth-order valence-electron chi connectivity index (χ4n) is 1.07. The lowest BCUT2D eigenvalue weighted by Crippen LogP contribution is -2.43. The van der Waals surface area contributed by atoms with Crippen molar-refractivity contribution in [3.8, 4) is 0 Å². The van der Waals surface area contributed by atoms with Crippen molar-refractivity contribution >= 4 is 17.5 Å². The Kier molecular flexibility index (Phi) is 4.39. The minimum atomic E-state index is -1.36. The molecule has 0 bridgehead atoms. The first-order chi connectivity index (χ1) is 7.84. The molecule has 1 aromatic heterocycles. The minimum Gasteiger partial charge on any atom is -0.393 e. The number of carbonyl (C=O) groups excluding carboxylic acids is 1. The number of aromatic nitrogens is 2. The number of aryl methyl sites for hydroxylation is 1. The lowest BCUT2D eigenvalue weighted by atomic mass is 10.1. The zero-order valence-corrected chi connectivity index (χ0v) is 10.3. The van der Waals surface area contributed by atoms with Gasteiger partial charge in [0.2, 0.25) is 5.28 Å². The summed E-state index contributed by atoms with van der Waals surface area (Å²) >= 11 is 5.62. The minimum absolute atomic E-state index is 0.0101. The molecule has 1 unspecified atom stereocenters. The van der Waals surface area contributed by atoms with Crippen LogP contribution in [0.4, 0.5) is 0 Å². The van der Waals surface area contributed by atoms with Crippen LogP contribution in [0.2, 0.25) is 5.28 Å². The fourth-order valence-corrected chi connectivity index (χ4v) is 1.29. The SMILES string of the molecule is Cc1cc(C(=O)NCC(C)(O)CO)nc(Cl)n1. The van der Waals surface area contributed by atoms with Gasteiger partial charge in [-0.2, -0.15) is 0 Å². The predicted molar refractivity (Wildman–Crippen MR) is 61.8 cm³/mol. The maximum atomic E-state index is 11.7. The van der Waals surface area contributed by atoms with Crippen LogP contribution in [-0.2, 0) is 0 Å². The highest BCUT2D eigenvalue weighted by Crippen LogP contribution is 2.06. The van der Waals surface area contributed by atoms with E-state index in [0.29, 0.717) is 5.69 Å². The number of aliphatic hydroxyl groups excluding tert-OH is 1. The Morgan fingerprint density at radius 1 is 1.59 bits per heavy atom. The molecule has 17 heavy (non-hydrogen) atoms. The standard InChI is InChI=1S/C10H14ClN3O3/c1-6-3-7(14-9(11)13-6)8(16)12-4-10(2,17)5-15/h3,15,17H,4-5H2,1-2H3,(H,12,16). The van der Waals surface area contributed by atoms with Crippen LogP contribution in [0.25, 0.3) is 0 Å². The van der Waals surface area contributed by atoms with Gasteiger partial charge in [-0.15, -0.1) is 0 Å². The first-order valence-electron chi connectivity index (χ1n) is 4.97. The smallest absolute Gasteiger partial charge is 0.270 e.